The average molecular weight is 277 g/mol. The van der Waals surface area contributed by atoms with Crippen molar-refractivity contribution >= 4 is 11.6 Å². The van der Waals surface area contributed by atoms with Crippen LogP contribution in [0.25, 0.3) is 11.3 Å². The Kier molecular flexibility index (Phi) is 4.38. The molecule has 0 aliphatic heterocycles. The molecule has 19 heavy (non-hydrogen) atoms. The summed E-state index contributed by atoms with van der Waals surface area (Å²) in [5.74, 6) is 0.821. The van der Waals surface area contributed by atoms with Gasteiger partial charge in [0.15, 0.2) is 0 Å². The van der Waals surface area contributed by atoms with E-state index in [1.165, 1.54) is 6.33 Å². The number of ether oxygens (including phenoxy) is 1. The number of hydrogen-bond acceptors (Lipinski definition) is 3. The minimum absolute atomic E-state index is 0.114. The molecule has 0 fully saturated rings. The second kappa shape index (κ2) is 6.02. The summed E-state index contributed by atoms with van der Waals surface area (Å²) in [6.45, 7) is 6.05. The van der Waals surface area contributed by atoms with Gasteiger partial charge in [0, 0.05) is 11.1 Å². The highest BCUT2D eigenvalue weighted by Crippen LogP contribution is 2.33. The van der Waals surface area contributed by atoms with Gasteiger partial charge in [-0.3, -0.25) is 0 Å². The molecule has 100 valence electrons. The Balaban J connectivity index is 2.56. The lowest BCUT2D eigenvalue weighted by Crippen LogP contribution is -2.07. The number of rotatable bonds is 4. The van der Waals surface area contributed by atoms with Crippen LogP contribution in [0.3, 0.4) is 0 Å². The van der Waals surface area contributed by atoms with E-state index >= 15 is 0 Å². The first-order chi connectivity index (χ1) is 9.13. The molecule has 0 N–H and O–H groups in total. The molecule has 0 saturated carbocycles. The van der Waals surface area contributed by atoms with Crippen molar-refractivity contribution in [1.29, 1.82) is 0 Å². The van der Waals surface area contributed by atoms with E-state index in [4.69, 9.17) is 16.3 Å². The number of nitrogens with zero attached hydrogens (tertiary/aromatic N) is 2. The Morgan fingerprint density at radius 2 is 1.95 bits per heavy atom. The molecule has 0 bridgehead atoms. The Bertz CT molecular complexity index is 570. The molecule has 1 aromatic carbocycles. The third-order valence-electron chi connectivity index (χ3n) is 2.75. The van der Waals surface area contributed by atoms with E-state index in [-0.39, 0.29) is 6.10 Å². The quantitative estimate of drug-likeness (QED) is 0.787. The van der Waals surface area contributed by atoms with E-state index in [0.717, 1.165) is 29.0 Å². The van der Waals surface area contributed by atoms with Crippen LogP contribution in [0, 0.1) is 0 Å². The van der Waals surface area contributed by atoms with Crippen LogP contribution in [0.2, 0.25) is 5.15 Å². The molecule has 1 aromatic heterocycles. The van der Waals surface area contributed by atoms with Crippen molar-refractivity contribution in [1.82, 2.24) is 9.97 Å². The maximum atomic E-state index is 6.15. The third kappa shape index (κ3) is 3.04. The summed E-state index contributed by atoms with van der Waals surface area (Å²) in [6, 6.07) is 7.87. The van der Waals surface area contributed by atoms with Crippen LogP contribution in [0.5, 0.6) is 5.75 Å². The van der Waals surface area contributed by atoms with Crippen LogP contribution in [0.15, 0.2) is 30.6 Å². The first-order valence-electron chi connectivity index (χ1n) is 6.39. The number of hydrogen-bond donors (Lipinski definition) is 0. The van der Waals surface area contributed by atoms with Gasteiger partial charge in [0.2, 0.25) is 0 Å². The van der Waals surface area contributed by atoms with Gasteiger partial charge in [0.1, 0.15) is 17.2 Å². The molecule has 0 radical (unpaired) electrons. The summed E-state index contributed by atoms with van der Waals surface area (Å²) < 4.78 is 5.84. The maximum absolute atomic E-state index is 6.15. The zero-order valence-electron chi connectivity index (χ0n) is 11.4. The van der Waals surface area contributed by atoms with Crippen molar-refractivity contribution in [3.05, 3.63) is 41.3 Å². The SMILES string of the molecule is CCc1c(Cl)ncnc1-c1ccccc1OC(C)C. The van der Waals surface area contributed by atoms with E-state index in [2.05, 4.69) is 9.97 Å². The standard InChI is InChI=1S/C15H17ClN2O/c1-4-11-14(17-9-18-15(11)16)12-7-5-6-8-13(12)19-10(2)3/h5-10H,4H2,1-3H3. The van der Waals surface area contributed by atoms with Crippen LogP contribution < -0.4 is 4.74 Å². The van der Waals surface area contributed by atoms with E-state index in [0.29, 0.717) is 5.15 Å². The average Bonchev–Trinajstić information content (AvgIpc) is 2.38. The lowest BCUT2D eigenvalue weighted by Gasteiger charge is -2.15. The van der Waals surface area contributed by atoms with Crippen LogP contribution in [-0.2, 0) is 6.42 Å². The fraction of sp³-hybridized carbons (Fsp3) is 0.333. The fourth-order valence-corrected chi connectivity index (χ4v) is 2.22. The Morgan fingerprint density at radius 3 is 2.63 bits per heavy atom. The summed E-state index contributed by atoms with van der Waals surface area (Å²) >= 11 is 6.15. The van der Waals surface area contributed by atoms with E-state index < -0.39 is 0 Å². The number of para-hydroxylation sites is 1. The van der Waals surface area contributed by atoms with Crippen molar-refractivity contribution in [2.45, 2.75) is 33.3 Å². The van der Waals surface area contributed by atoms with Gasteiger partial charge >= 0.3 is 0 Å². The molecule has 0 unspecified atom stereocenters. The van der Waals surface area contributed by atoms with Gasteiger partial charge in [-0.2, -0.15) is 0 Å². The van der Waals surface area contributed by atoms with Crippen LogP contribution in [-0.4, -0.2) is 16.1 Å². The summed E-state index contributed by atoms with van der Waals surface area (Å²) in [7, 11) is 0. The molecule has 3 nitrogen and oxygen atoms in total. The zero-order chi connectivity index (χ0) is 13.8. The second-order valence-corrected chi connectivity index (χ2v) is 4.87. The molecule has 0 atom stereocenters. The van der Waals surface area contributed by atoms with Gasteiger partial charge in [0.25, 0.3) is 0 Å². The topological polar surface area (TPSA) is 35.0 Å². The number of aromatic nitrogens is 2. The largest absolute Gasteiger partial charge is 0.490 e. The van der Waals surface area contributed by atoms with Gasteiger partial charge in [-0.15, -0.1) is 0 Å². The first kappa shape index (κ1) is 13.8. The fourth-order valence-electron chi connectivity index (χ4n) is 1.96. The van der Waals surface area contributed by atoms with Crippen molar-refractivity contribution in [2.75, 3.05) is 0 Å². The molecule has 0 spiro atoms. The highest BCUT2D eigenvalue weighted by Gasteiger charge is 2.14. The van der Waals surface area contributed by atoms with Gasteiger partial charge in [-0.1, -0.05) is 30.7 Å². The van der Waals surface area contributed by atoms with Crippen LogP contribution in [0.4, 0.5) is 0 Å². The van der Waals surface area contributed by atoms with Crippen molar-refractivity contribution in [3.8, 4) is 17.0 Å². The predicted octanol–water partition coefficient (Wildman–Crippen LogP) is 4.15. The Labute approximate surface area is 118 Å². The van der Waals surface area contributed by atoms with Crippen LogP contribution >= 0.6 is 11.6 Å². The summed E-state index contributed by atoms with van der Waals surface area (Å²) in [4.78, 5) is 8.41. The molecular weight excluding hydrogens is 260 g/mol. The minimum atomic E-state index is 0.114. The number of halogens is 1. The number of benzene rings is 1. The van der Waals surface area contributed by atoms with Gasteiger partial charge in [0.05, 0.1) is 11.8 Å². The van der Waals surface area contributed by atoms with Gasteiger partial charge in [-0.25, -0.2) is 9.97 Å². The normalized spacial score (nSPS) is 10.8. The predicted molar refractivity (Wildman–Crippen MR) is 77.6 cm³/mol. The highest BCUT2D eigenvalue weighted by atomic mass is 35.5. The lowest BCUT2D eigenvalue weighted by atomic mass is 10.0. The summed E-state index contributed by atoms with van der Waals surface area (Å²) in [6.07, 6.45) is 2.39. The highest BCUT2D eigenvalue weighted by molar-refractivity contribution is 6.30. The Hall–Kier alpha value is -1.61. The zero-order valence-corrected chi connectivity index (χ0v) is 12.1. The van der Waals surface area contributed by atoms with Gasteiger partial charge < -0.3 is 4.74 Å². The molecule has 0 aliphatic carbocycles. The Morgan fingerprint density at radius 1 is 1.21 bits per heavy atom. The van der Waals surface area contributed by atoms with E-state index in [1.807, 2.05) is 45.0 Å². The lowest BCUT2D eigenvalue weighted by molar-refractivity contribution is 0.243. The smallest absolute Gasteiger partial charge is 0.136 e. The van der Waals surface area contributed by atoms with Crippen molar-refractivity contribution < 1.29 is 4.74 Å². The molecule has 0 amide bonds. The van der Waals surface area contributed by atoms with E-state index in [9.17, 15) is 0 Å². The van der Waals surface area contributed by atoms with Gasteiger partial charge in [-0.05, 0) is 32.4 Å². The molecular formula is C15H17ClN2O. The molecule has 1 heterocycles. The third-order valence-corrected chi connectivity index (χ3v) is 3.08. The molecule has 2 aromatic rings. The van der Waals surface area contributed by atoms with Crippen LogP contribution in [0.1, 0.15) is 26.3 Å². The molecule has 0 saturated heterocycles. The maximum Gasteiger partial charge on any atom is 0.136 e. The van der Waals surface area contributed by atoms with Crippen molar-refractivity contribution in [2.24, 2.45) is 0 Å². The minimum Gasteiger partial charge on any atom is -0.490 e. The summed E-state index contributed by atoms with van der Waals surface area (Å²) in [5.41, 5.74) is 2.75. The van der Waals surface area contributed by atoms with Crippen molar-refractivity contribution in [3.63, 3.8) is 0 Å². The summed E-state index contributed by atoms with van der Waals surface area (Å²) in [5, 5.41) is 0.506. The first-order valence-corrected chi connectivity index (χ1v) is 6.76. The monoisotopic (exact) mass is 276 g/mol. The molecule has 0 aliphatic rings. The molecule has 2 rings (SSSR count). The second-order valence-electron chi connectivity index (χ2n) is 4.51. The molecule has 4 heteroatoms. The van der Waals surface area contributed by atoms with E-state index in [1.54, 1.807) is 0 Å².